The first-order valence-corrected chi connectivity index (χ1v) is 33.2. The molecule has 0 aliphatic carbocycles. The number of hydrogen-bond acceptors (Lipinski definition) is 9. The van der Waals surface area contributed by atoms with Gasteiger partial charge < -0.3 is 35.0 Å². The molecule has 13 rings (SSSR count). The van der Waals surface area contributed by atoms with Crippen molar-refractivity contribution in [1.29, 1.82) is 0 Å². The summed E-state index contributed by atoms with van der Waals surface area (Å²) >= 11 is 55.9. The van der Waals surface area contributed by atoms with E-state index in [0.29, 0.717) is 52.8 Å². The van der Waals surface area contributed by atoms with Crippen molar-refractivity contribution < 1.29 is 14.9 Å². The molecule has 0 bridgehead atoms. The van der Waals surface area contributed by atoms with E-state index in [9.17, 15) is 10.2 Å². The van der Waals surface area contributed by atoms with Gasteiger partial charge in [-0.15, -0.1) is 0 Å². The number of ether oxygens (including phenoxy) is 1. The maximum atomic E-state index is 10.7. The van der Waals surface area contributed by atoms with E-state index in [0.717, 1.165) is 110 Å². The molecule has 4 aliphatic rings. The zero-order valence-corrected chi connectivity index (χ0v) is 56.0. The molecule has 0 saturated carbocycles. The number of β-amino-alcohol motifs (C(OH)–C–C–N with tert-alkyl or cyclic N) is 1. The van der Waals surface area contributed by atoms with Gasteiger partial charge in [0.1, 0.15) is 6.10 Å². The molecule has 0 spiro atoms. The third-order valence-electron chi connectivity index (χ3n) is 16.5. The van der Waals surface area contributed by atoms with Crippen LogP contribution in [0.4, 0.5) is 17.1 Å². The summed E-state index contributed by atoms with van der Waals surface area (Å²) in [5.41, 5.74) is 9.82. The molecule has 0 amide bonds. The summed E-state index contributed by atoms with van der Waals surface area (Å²) in [6, 6.07) is 71.3. The Morgan fingerprint density at radius 1 is 0.422 bits per heavy atom. The lowest BCUT2D eigenvalue weighted by Gasteiger charge is -2.46. The largest absolute Gasteiger partial charge is 0.394 e. The van der Waals surface area contributed by atoms with Crippen molar-refractivity contribution in [3.05, 3.63) is 297 Å². The van der Waals surface area contributed by atoms with Gasteiger partial charge in [0.2, 0.25) is 0 Å². The van der Waals surface area contributed by atoms with Crippen molar-refractivity contribution in [3.8, 4) is 0 Å². The Labute approximate surface area is 573 Å². The number of nitrogens with zero attached hydrogens (tertiary/aromatic N) is 5. The molecule has 90 heavy (non-hydrogen) atoms. The Morgan fingerprint density at radius 2 is 0.822 bits per heavy atom. The van der Waals surface area contributed by atoms with Gasteiger partial charge in [0.05, 0.1) is 75.6 Å². The number of benzene rings is 9. The lowest BCUT2D eigenvalue weighted by atomic mass is 9.98. The minimum absolute atomic E-state index is 0.0520. The molecule has 4 heterocycles. The minimum Gasteiger partial charge on any atom is -0.394 e. The third-order valence-corrected chi connectivity index (χ3v) is 18.8. The van der Waals surface area contributed by atoms with E-state index in [-0.39, 0.29) is 30.8 Å². The average molecular weight is 1390 g/mol. The summed E-state index contributed by atoms with van der Waals surface area (Å²) in [5.74, 6) is 0. The van der Waals surface area contributed by atoms with Crippen LogP contribution in [0, 0.1) is 0 Å². The predicted molar refractivity (Wildman–Crippen MR) is 378 cm³/mol. The summed E-state index contributed by atoms with van der Waals surface area (Å²) in [7, 11) is 0. The van der Waals surface area contributed by atoms with E-state index in [2.05, 4.69) is 90.5 Å². The molecule has 6 atom stereocenters. The number of aliphatic hydroxyl groups is 2. The van der Waals surface area contributed by atoms with Gasteiger partial charge >= 0.3 is 0 Å². The third kappa shape index (κ3) is 18.3. The lowest BCUT2D eigenvalue weighted by Crippen LogP contribution is -2.50. The van der Waals surface area contributed by atoms with Crippen LogP contribution in [0.3, 0.4) is 0 Å². The fraction of sp³-hybridized carbons (Fsp3) is 0.250. The van der Waals surface area contributed by atoms with Gasteiger partial charge in [-0.1, -0.05) is 232 Å². The molecule has 9 aromatic rings. The van der Waals surface area contributed by atoms with Crippen molar-refractivity contribution in [1.82, 2.24) is 15.1 Å². The number of rotatable bonds is 13. The van der Waals surface area contributed by atoms with Crippen LogP contribution in [0.5, 0.6) is 0 Å². The van der Waals surface area contributed by atoms with Gasteiger partial charge in [-0.2, -0.15) is 0 Å². The Morgan fingerprint density at radius 3 is 1.27 bits per heavy atom. The molecule has 0 radical (unpaired) electrons. The summed E-state index contributed by atoms with van der Waals surface area (Å²) in [6.45, 7) is 8.98. The van der Waals surface area contributed by atoms with Gasteiger partial charge in [-0.3, -0.25) is 9.80 Å². The van der Waals surface area contributed by atoms with E-state index in [4.69, 9.17) is 109 Å². The number of piperazine rings is 3. The fourth-order valence-corrected chi connectivity index (χ4v) is 13.7. The number of hydrogen-bond donors (Lipinski definition) is 3. The van der Waals surface area contributed by atoms with Crippen LogP contribution < -0.4 is 20.0 Å². The normalized spacial score (nSPS) is 19.0. The van der Waals surface area contributed by atoms with Crippen LogP contribution >= 0.6 is 104 Å². The van der Waals surface area contributed by atoms with Crippen molar-refractivity contribution >= 4 is 121 Å². The quantitative estimate of drug-likeness (QED) is 0.0978. The first-order chi connectivity index (χ1) is 43.7. The molecule has 9 aromatic carbocycles. The second-order valence-electron chi connectivity index (χ2n) is 22.3. The predicted octanol–water partition coefficient (Wildman–Crippen LogP) is 19.0. The van der Waals surface area contributed by atoms with Crippen molar-refractivity contribution in [3.63, 3.8) is 0 Å². The molecule has 18 heteroatoms. The zero-order chi connectivity index (χ0) is 63.1. The smallest absolute Gasteiger partial charge is 0.106 e. The fourth-order valence-electron chi connectivity index (χ4n) is 11.8. The second kappa shape index (κ2) is 33.0. The van der Waals surface area contributed by atoms with Gasteiger partial charge in [0.15, 0.2) is 0 Å². The Hall–Kier alpha value is -5.25. The number of nitrogens with one attached hydrogen (secondary N) is 1. The average Bonchev–Trinajstić information content (AvgIpc) is 1.06. The van der Waals surface area contributed by atoms with Gasteiger partial charge in [-0.25, -0.2) is 0 Å². The molecular formula is C72H69Cl9N6O3. The zero-order valence-electron chi connectivity index (χ0n) is 49.2. The number of epoxide rings is 1. The van der Waals surface area contributed by atoms with Gasteiger partial charge in [0, 0.05) is 95.6 Å². The maximum absolute atomic E-state index is 10.7. The minimum atomic E-state index is -0.525. The molecule has 4 aliphatic heterocycles. The molecule has 9 nitrogen and oxygen atoms in total. The summed E-state index contributed by atoms with van der Waals surface area (Å²) < 4.78 is 5.09. The van der Waals surface area contributed by atoms with E-state index >= 15 is 0 Å². The monoisotopic (exact) mass is 1380 g/mol. The van der Waals surface area contributed by atoms with Crippen LogP contribution in [0.15, 0.2) is 218 Å². The lowest BCUT2D eigenvalue weighted by molar-refractivity contribution is 0.100. The number of aliphatic hydroxyl groups excluding tert-OH is 2. The van der Waals surface area contributed by atoms with Crippen LogP contribution in [-0.4, -0.2) is 98.7 Å². The summed E-state index contributed by atoms with van der Waals surface area (Å²) in [5, 5.41) is 30.3. The molecule has 4 saturated heterocycles. The Balaban J connectivity index is 0.000000140. The Bertz CT molecular complexity index is 3690. The highest BCUT2D eigenvalue weighted by atomic mass is 35.5. The number of halogens is 9. The first kappa shape index (κ1) is 67.6. The first-order valence-electron chi connectivity index (χ1n) is 29.8. The van der Waals surface area contributed by atoms with Crippen LogP contribution in [-0.2, 0) is 4.74 Å². The highest BCUT2D eigenvalue weighted by Crippen LogP contribution is 2.41. The van der Waals surface area contributed by atoms with E-state index in [1.807, 2.05) is 140 Å². The molecule has 468 valence electrons. The molecular weight excluding hydrogens is 1320 g/mol. The topological polar surface area (TPSA) is 81.2 Å². The highest BCUT2D eigenvalue weighted by molar-refractivity contribution is 6.37. The van der Waals surface area contributed by atoms with Crippen molar-refractivity contribution in [2.24, 2.45) is 0 Å². The maximum Gasteiger partial charge on any atom is 0.106 e. The SMILES string of the molecule is Clc1ccc([C@@H]2CNCCN2c2ccc(Cl)cc2Cl)cc1.OC[C@@H](c1ccccc1)N1CCN(c2ccc(Cl)cc2Cl)[C@H](c2ccc(Cl)cc2)C1.O[C@H](CN1CCN(c2ccc(Cl)cc2Cl)[C@H](c2ccc(Cl)cc2)C1)c1ccccc1.c1ccc([C@H]2CO2)cc1. The molecule has 0 unspecified atom stereocenters. The van der Waals surface area contributed by atoms with E-state index < -0.39 is 6.10 Å². The van der Waals surface area contributed by atoms with Crippen LogP contribution in [0.2, 0.25) is 45.2 Å². The molecule has 0 aromatic heterocycles. The Kier molecular flexibility index (Phi) is 24.8. The molecule has 3 N–H and O–H groups in total. The molecule has 4 fully saturated rings. The van der Waals surface area contributed by atoms with E-state index in [1.54, 1.807) is 18.2 Å². The summed E-state index contributed by atoms with van der Waals surface area (Å²) in [4.78, 5) is 11.6. The van der Waals surface area contributed by atoms with Crippen molar-refractivity contribution in [2.75, 3.05) is 93.4 Å². The van der Waals surface area contributed by atoms with Crippen LogP contribution in [0.1, 0.15) is 69.8 Å². The number of anilines is 3. The second-order valence-corrected chi connectivity index (χ2v) is 26.1. The van der Waals surface area contributed by atoms with Crippen molar-refractivity contribution in [2.45, 2.75) is 36.4 Å². The van der Waals surface area contributed by atoms with Gasteiger partial charge in [-0.05, 0) is 124 Å². The summed E-state index contributed by atoms with van der Waals surface area (Å²) in [6.07, 6.45) is -0.117. The highest BCUT2D eigenvalue weighted by Gasteiger charge is 2.35. The standard InChI is InChI=1S/2C24H23Cl3N2O.C16H15Cl3N2.C8H8O/c25-19-8-6-17(7-9-19)23-15-28(16-24(30)18-4-2-1-3-5-18)12-13-29(23)22-11-10-20(26)14-21(22)27;25-19-8-6-18(7-9-19)23-15-28(24(16-30)17-4-2-1-3-5-17)12-13-29(23)22-11-10-20(26)14-21(22)27;17-12-3-1-11(2-4-12)16-10-20-7-8-21(16)15-6-5-13(18)9-14(15)19;1-2-4-7(5-3-1)8-6-9-8/h2*1-11,14,23-24,30H,12-13,15-16H2;1-6,9,16,20H,7-8,10H2;1-5,8H,6H2/t23-,24+;23-,24-;16-;8-/m0001/s1. The van der Waals surface area contributed by atoms with E-state index in [1.165, 1.54) is 11.1 Å². The van der Waals surface area contributed by atoms with Crippen LogP contribution in [0.25, 0.3) is 0 Å². The van der Waals surface area contributed by atoms with Gasteiger partial charge in [0.25, 0.3) is 0 Å².